The summed E-state index contributed by atoms with van der Waals surface area (Å²) in [7, 11) is 0. The van der Waals surface area contributed by atoms with Crippen LogP contribution in [0.15, 0.2) is 30.3 Å². The van der Waals surface area contributed by atoms with Crippen molar-refractivity contribution < 1.29 is 9.53 Å². The summed E-state index contributed by atoms with van der Waals surface area (Å²) in [6.07, 6.45) is 0. The van der Waals surface area contributed by atoms with Crippen molar-refractivity contribution in [3.63, 3.8) is 0 Å². The number of ether oxygens (including phenoxy) is 1. The molecular weight excluding hydrogens is 202 g/mol. The van der Waals surface area contributed by atoms with Gasteiger partial charge in [0.2, 0.25) is 0 Å². The monoisotopic (exact) mass is 219 g/mol. The Hall–Kier alpha value is -1.35. The second-order valence-electron chi connectivity index (χ2n) is 4.31. The predicted octanol–water partition coefficient (Wildman–Crippen LogP) is 1.82. The number of carbonyl (C=O) groups excluding carboxylic acids is 1. The van der Waals surface area contributed by atoms with Gasteiger partial charge < -0.3 is 4.74 Å². The fourth-order valence-corrected chi connectivity index (χ4v) is 2.02. The molecule has 0 radical (unpaired) electrons. The maximum atomic E-state index is 11.5. The minimum atomic E-state index is -0.149. The summed E-state index contributed by atoms with van der Waals surface area (Å²) >= 11 is 0. The van der Waals surface area contributed by atoms with Gasteiger partial charge in [-0.2, -0.15) is 0 Å². The van der Waals surface area contributed by atoms with Crippen LogP contribution < -0.4 is 0 Å². The molecule has 2 atom stereocenters. The number of hydrogen-bond donors (Lipinski definition) is 0. The van der Waals surface area contributed by atoms with E-state index in [1.54, 1.807) is 0 Å². The molecule has 1 heterocycles. The van der Waals surface area contributed by atoms with Crippen LogP contribution in [0, 0.1) is 0 Å². The first-order valence-corrected chi connectivity index (χ1v) is 5.65. The number of benzene rings is 1. The van der Waals surface area contributed by atoms with Gasteiger partial charge in [-0.3, -0.25) is 9.69 Å². The highest BCUT2D eigenvalue weighted by Crippen LogP contribution is 2.17. The van der Waals surface area contributed by atoms with Crippen LogP contribution in [0.4, 0.5) is 0 Å². The van der Waals surface area contributed by atoms with Crippen molar-refractivity contribution in [1.29, 1.82) is 0 Å². The summed E-state index contributed by atoms with van der Waals surface area (Å²) in [6, 6.07) is 10.3. The lowest BCUT2D eigenvalue weighted by Crippen LogP contribution is -2.51. The summed E-state index contributed by atoms with van der Waals surface area (Å²) in [5.74, 6) is -0.117. The van der Waals surface area contributed by atoms with Crippen molar-refractivity contribution in [3.05, 3.63) is 35.9 Å². The highest BCUT2D eigenvalue weighted by molar-refractivity contribution is 5.76. The van der Waals surface area contributed by atoms with Gasteiger partial charge in [0.05, 0.1) is 0 Å². The quantitative estimate of drug-likeness (QED) is 0.711. The molecule has 0 spiro atoms. The highest BCUT2D eigenvalue weighted by atomic mass is 16.5. The van der Waals surface area contributed by atoms with Crippen LogP contribution in [0.25, 0.3) is 0 Å². The van der Waals surface area contributed by atoms with E-state index in [9.17, 15) is 4.79 Å². The van der Waals surface area contributed by atoms with Gasteiger partial charge in [-0.1, -0.05) is 30.3 Å². The summed E-state index contributed by atoms with van der Waals surface area (Å²) in [5, 5.41) is 0. The SMILES string of the molecule is C[C@@H]1COC(=O)[C@@H](C)N1Cc1ccccc1. The third-order valence-electron chi connectivity index (χ3n) is 3.08. The molecule has 16 heavy (non-hydrogen) atoms. The molecule has 0 amide bonds. The summed E-state index contributed by atoms with van der Waals surface area (Å²) in [5.41, 5.74) is 1.23. The third kappa shape index (κ3) is 2.25. The molecule has 86 valence electrons. The molecule has 2 rings (SSSR count). The molecule has 1 fully saturated rings. The third-order valence-corrected chi connectivity index (χ3v) is 3.08. The molecule has 3 heteroatoms. The van der Waals surface area contributed by atoms with Gasteiger partial charge in [0.15, 0.2) is 0 Å². The molecule has 0 N–H and O–H groups in total. The van der Waals surface area contributed by atoms with Crippen LogP contribution in [0.1, 0.15) is 19.4 Å². The Bertz CT molecular complexity index is 363. The molecule has 0 bridgehead atoms. The van der Waals surface area contributed by atoms with E-state index in [0.29, 0.717) is 6.61 Å². The zero-order chi connectivity index (χ0) is 11.5. The highest BCUT2D eigenvalue weighted by Gasteiger charge is 2.32. The lowest BCUT2D eigenvalue weighted by molar-refractivity contribution is -0.161. The molecule has 1 aliphatic rings. The lowest BCUT2D eigenvalue weighted by atomic mass is 10.1. The Morgan fingerprint density at radius 3 is 2.69 bits per heavy atom. The number of nitrogens with zero attached hydrogens (tertiary/aromatic N) is 1. The van der Waals surface area contributed by atoms with Gasteiger partial charge in [-0.05, 0) is 19.4 Å². The van der Waals surface area contributed by atoms with Crippen LogP contribution in [0.3, 0.4) is 0 Å². The van der Waals surface area contributed by atoms with Gasteiger partial charge in [0.25, 0.3) is 0 Å². The second-order valence-corrected chi connectivity index (χ2v) is 4.31. The van der Waals surface area contributed by atoms with Crippen molar-refractivity contribution in [2.75, 3.05) is 6.61 Å². The van der Waals surface area contributed by atoms with Crippen molar-refractivity contribution in [3.8, 4) is 0 Å². The normalized spacial score (nSPS) is 26.5. The van der Waals surface area contributed by atoms with Crippen molar-refractivity contribution in [1.82, 2.24) is 4.90 Å². The van der Waals surface area contributed by atoms with Crippen LogP contribution >= 0.6 is 0 Å². The van der Waals surface area contributed by atoms with E-state index in [1.807, 2.05) is 25.1 Å². The maximum absolute atomic E-state index is 11.5. The number of morpholine rings is 1. The average molecular weight is 219 g/mol. The average Bonchev–Trinajstić information content (AvgIpc) is 2.31. The van der Waals surface area contributed by atoms with E-state index in [1.165, 1.54) is 5.56 Å². The summed E-state index contributed by atoms with van der Waals surface area (Å²) in [6.45, 7) is 5.29. The Balaban J connectivity index is 2.10. The molecule has 1 aromatic carbocycles. The van der Waals surface area contributed by atoms with E-state index in [4.69, 9.17) is 4.74 Å². The molecule has 1 saturated heterocycles. The zero-order valence-corrected chi connectivity index (χ0v) is 9.72. The van der Waals surface area contributed by atoms with Crippen LogP contribution in [-0.4, -0.2) is 29.6 Å². The molecular formula is C13H17NO2. The maximum Gasteiger partial charge on any atom is 0.323 e. The molecule has 3 nitrogen and oxygen atoms in total. The van der Waals surface area contributed by atoms with Crippen molar-refractivity contribution in [2.24, 2.45) is 0 Å². The predicted molar refractivity (Wildman–Crippen MR) is 61.9 cm³/mol. The fraction of sp³-hybridized carbons (Fsp3) is 0.462. The van der Waals surface area contributed by atoms with Gasteiger partial charge in [-0.25, -0.2) is 0 Å². The Morgan fingerprint density at radius 1 is 1.31 bits per heavy atom. The number of rotatable bonds is 2. The number of cyclic esters (lactones) is 1. The molecule has 0 aliphatic carbocycles. The second kappa shape index (κ2) is 4.66. The van der Waals surface area contributed by atoms with Gasteiger partial charge in [0, 0.05) is 12.6 Å². The fourth-order valence-electron chi connectivity index (χ4n) is 2.02. The Morgan fingerprint density at radius 2 is 2.00 bits per heavy atom. The van der Waals surface area contributed by atoms with E-state index >= 15 is 0 Å². The summed E-state index contributed by atoms with van der Waals surface area (Å²) in [4.78, 5) is 13.7. The van der Waals surface area contributed by atoms with Crippen LogP contribution in [0.5, 0.6) is 0 Å². The standard InChI is InChI=1S/C13H17NO2/c1-10-9-16-13(15)11(2)14(10)8-12-6-4-3-5-7-12/h3-7,10-11H,8-9H2,1-2H3/t10-,11-/m1/s1. The largest absolute Gasteiger partial charge is 0.463 e. The molecule has 0 unspecified atom stereocenters. The topological polar surface area (TPSA) is 29.5 Å². The molecule has 0 aromatic heterocycles. The van der Waals surface area contributed by atoms with E-state index < -0.39 is 0 Å². The summed E-state index contributed by atoms with van der Waals surface area (Å²) < 4.78 is 5.09. The first kappa shape index (κ1) is 11.1. The van der Waals surface area contributed by atoms with Gasteiger partial charge >= 0.3 is 5.97 Å². The molecule has 1 aromatic rings. The first-order valence-electron chi connectivity index (χ1n) is 5.65. The first-order chi connectivity index (χ1) is 7.68. The van der Waals surface area contributed by atoms with Crippen molar-refractivity contribution >= 4 is 5.97 Å². The van der Waals surface area contributed by atoms with E-state index in [2.05, 4.69) is 24.0 Å². The van der Waals surface area contributed by atoms with Crippen LogP contribution in [0.2, 0.25) is 0 Å². The zero-order valence-electron chi connectivity index (χ0n) is 9.72. The molecule has 0 saturated carbocycles. The lowest BCUT2D eigenvalue weighted by Gasteiger charge is -2.37. The van der Waals surface area contributed by atoms with E-state index in [0.717, 1.165) is 6.54 Å². The Kier molecular flexibility index (Phi) is 3.25. The number of hydrogen-bond acceptors (Lipinski definition) is 3. The van der Waals surface area contributed by atoms with Gasteiger partial charge in [0.1, 0.15) is 12.6 Å². The molecule has 1 aliphatic heterocycles. The van der Waals surface area contributed by atoms with Gasteiger partial charge in [-0.15, -0.1) is 0 Å². The Labute approximate surface area is 96.0 Å². The number of carbonyl (C=O) groups is 1. The number of esters is 1. The smallest absolute Gasteiger partial charge is 0.323 e. The minimum Gasteiger partial charge on any atom is -0.463 e. The van der Waals surface area contributed by atoms with Crippen molar-refractivity contribution in [2.45, 2.75) is 32.5 Å². The minimum absolute atomic E-state index is 0.117. The van der Waals surface area contributed by atoms with Crippen LogP contribution in [-0.2, 0) is 16.1 Å². The van der Waals surface area contributed by atoms with E-state index in [-0.39, 0.29) is 18.1 Å².